The zero-order valence-electron chi connectivity index (χ0n) is 16.6. The van der Waals surface area contributed by atoms with Gasteiger partial charge >= 0.3 is 0 Å². The summed E-state index contributed by atoms with van der Waals surface area (Å²) in [6, 6.07) is 21.0. The van der Waals surface area contributed by atoms with Gasteiger partial charge in [0.2, 0.25) is 0 Å². The first-order valence-electron chi connectivity index (χ1n) is 9.50. The summed E-state index contributed by atoms with van der Waals surface area (Å²) >= 11 is 0. The van der Waals surface area contributed by atoms with Crippen molar-refractivity contribution < 1.29 is 19.0 Å². The molecule has 1 heterocycles. The van der Waals surface area contributed by atoms with Crippen molar-refractivity contribution in [1.29, 1.82) is 0 Å². The van der Waals surface area contributed by atoms with Crippen molar-refractivity contribution in [3.8, 4) is 0 Å². The molecule has 146 valence electrons. The first-order valence-corrected chi connectivity index (χ1v) is 11.4. The number of hydrogen-bond acceptors (Lipinski definition) is 4. The smallest absolute Gasteiger partial charge is 0.261 e. The van der Waals surface area contributed by atoms with Crippen LogP contribution in [0.2, 0.25) is 5.04 Å². The SMILES string of the molecule is COC1C[C@H](O[Si](c2ccccc2)(c2ccccc2)C(C)(C)C)[C@@H](CO)O1. The molecule has 3 rings (SSSR count). The Bertz CT molecular complexity index is 675. The van der Waals surface area contributed by atoms with Gasteiger partial charge in [-0.05, 0) is 15.4 Å². The molecule has 0 saturated carbocycles. The molecule has 1 aliphatic rings. The zero-order valence-corrected chi connectivity index (χ0v) is 17.6. The third-order valence-electron chi connectivity index (χ3n) is 5.35. The Hall–Kier alpha value is -1.50. The van der Waals surface area contributed by atoms with Crippen molar-refractivity contribution in [2.45, 2.75) is 50.7 Å². The number of benzene rings is 2. The highest BCUT2D eigenvalue weighted by Crippen LogP contribution is 2.39. The molecular weight excluding hydrogens is 356 g/mol. The molecule has 0 bridgehead atoms. The van der Waals surface area contributed by atoms with Crippen molar-refractivity contribution in [3.63, 3.8) is 0 Å². The molecule has 2 aromatic carbocycles. The van der Waals surface area contributed by atoms with Gasteiger partial charge in [0.15, 0.2) is 6.29 Å². The van der Waals surface area contributed by atoms with Gasteiger partial charge in [-0.15, -0.1) is 0 Å². The summed E-state index contributed by atoms with van der Waals surface area (Å²) in [7, 11) is -1.03. The highest BCUT2D eigenvalue weighted by molar-refractivity contribution is 6.99. The lowest BCUT2D eigenvalue weighted by atomic mass is 10.2. The lowest BCUT2D eigenvalue weighted by molar-refractivity contribution is -0.126. The van der Waals surface area contributed by atoms with E-state index in [0.29, 0.717) is 6.42 Å². The Kier molecular flexibility index (Phi) is 6.18. The minimum absolute atomic E-state index is 0.0806. The lowest BCUT2D eigenvalue weighted by Crippen LogP contribution is -2.68. The maximum Gasteiger partial charge on any atom is 0.261 e. The van der Waals surface area contributed by atoms with Crippen LogP contribution < -0.4 is 10.4 Å². The van der Waals surface area contributed by atoms with Gasteiger partial charge in [0.25, 0.3) is 8.32 Å². The van der Waals surface area contributed by atoms with Crippen LogP contribution in [-0.4, -0.2) is 45.6 Å². The highest BCUT2D eigenvalue weighted by atomic mass is 28.4. The minimum Gasteiger partial charge on any atom is -0.402 e. The van der Waals surface area contributed by atoms with E-state index >= 15 is 0 Å². The predicted molar refractivity (Wildman–Crippen MR) is 110 cm³/mol. The van der Waals surface area contributed by atoms with Crippen LogP contribution in [0.4, 0.5) is 0 Å². The second-order valence-electron chi connectivity index (χ2n) is 8.08. The number of rotatable bonds is 6. The molecule has 1 aliphatic heterocycles. The van der Waals surface area contributed by atoms with Crippen molar-refractivity contribution in [2.24, 2.45) is 0 Å². The highest BCUT2D eigenvalue weighted by Gasteiger charge is 2.53. The van der Waals surface area contributed by atoms with Crippen LogP contribution in [0.15, 0.2) is 60.7 Å². The molecule has 1 fully saturated rings. The molecule has 1 unspecified atom stereocenters. The normalized spacial score (nSPS) is 23.5. The zero-order chi connectivity index (χ0) is 19.5. The van der Waals surface area contributed by atoms with Crippen LogP contribution in [0.25, 0.3) is 0 Å². The van der Waals surface area contributed by atoms with Crippen LogP contribution in [0.3, 0.4) is 0 Å². The summed E-state index contributed by atoms with van der Waals surface area (Å²) < 4.78 is 18.3. The van der Waals surface area contributed by atoms with Crippen LogP contribution in [0, 0.1) is 0 Å². The number of aliphatic hydroxyl groups is 1. The van der Waals surface area contributed by atoms with Crippen molar-refractivity contribution in [2.75, 3.05) is 13.7 Å². The second-order valence-corrected chi connectivity index (χ2v) is 12.3. The summed E-state index contributed by atoms with van der Waals surface area (Å²) in [5, 5.41) is 12.2. The molecule has 3 atom stereocenters. The predicted octanol–water partition coefficient (Wildman–Crippen LogP) is 2.69. The minimum atomic E-state index is -2.66. The molecule has 0 aromatic heterocycles. The van der Waals surface area contributed by atoms with E-state index in [1.54, 1.807) is 7.11 Å². The van der Waals surface area contributed by atoms with E-state index in [1.165, 1.54) is 10.4 Å². The first kappa shape index (κ1) is 20.2. The molecule has 0 amide bonds. The molecule has 27 heavy (non-hydrogen) atoms. The van der Waals surface area contributed by atoms with Crippen molar-refractivity contribution in [1.82, 2.24) is 0 Å². The Labute approximate surface area is 163 Å². The molecule has 0 spiro atoms. The van der Waals surface area contributed by atoms with Gasteiger partial charge in [0.05, 0.1) is 12.7 Å². The standard InChI is InChI=1S/C22H30O4Si/c1-22(2,3)27(17-11-7-5-8-12-17,18-13-9-6-10-14-18)26-19-15-21(24-4)25-20(19)16-23/h5-14,19-21,23H,15-16H2,1-4H3/t19-,20+,21?/m0/s1. The summed E-state index contributed by atoms with van der Waals surface area (Å²) in [6.45, 7) is 6.66. The topological polar surface area (TPSA) is 47.9 Å². The van der Waals surface area contributed by atoms with Gasteiger partial charge < -0.3 is 19.0 Å². The van der Waals surface area contributed by atoms with Gasteiger partial charge in [-0.2, -0.15) is 0 Å². The van der Waals surface area contributed by atoms with E-state index in [0.717, 1.165) is 0 Å². The molecule has 4 nitrogen and oxygen atoms in total. The Balaban J connectivity index is 2.12. The fourth-order valence-electron chi connectivity index (χ4n) is 4.03. The van der Waals surface area contributed by atoms with E-state index in [9.17, 15) is 5.11 Å². The summed E-state index contributed by atoms with van der Waals surface area (Å²) in [5.41, 5.74) is 0. The fraction of sp³-hybridized carbons (Fsp3) is 0.455. The van der Waals surface area contributed by atoms with E-state index in [1.807, 2.05) is 12.1 Å². The van der Waals surface area contributed by atoms with Crippen LogP contribution in [-0.2, 0) is 13.9 Å². The monoisotopic (exact) mass is 386 g/mol. The molecule has 0 aliphatic carbocycles. The average Bonchev–Trinajstić information content (AvgIpc) is 3.08. The van der Waals surface area contributed by atoms with E-state index in [2.05, 4.69) is 69.3 Å². The quantitative estimate of drug-likeness (QED) is 0.776. The molecule has 1 saturated heterocycles. The molecular formula is C22H30O4Si. The van der Waals surface area contributed by atoms with E-state index in [4.69, 9.17) is 13.9 Å². The van der Waals surface area contributed by atoms with Crippen molar-refractivity contribution in [3.05, 3.63) is 60.7 Å². The third-order valence-corrected chi connectivity index (χ3v) is 10.4. The Morgan fingerprint density at radius 1 is 1.00 bits per heavy atom. The van der Waals surface area contributed by atoms with Crippen molar-refractivity contribution >= 4 is 18.7 Å². The van der Waals surface area contributed by atoms with Gasteiger partial charge in [-0.25, -0.2) is 0 Å². The van der Waals surface area contributed by atoms with Gasteiger partial charge in [-0.3, -0.25) is 0 Å². The largest absolute Gasteiger partial charge is 0.402 e. The van der Waals surface area contributed by atoms with Gasteiger partial charge in [0.1, 0.15) is 6.10 Å². The molecule has 0 radical (unpaired) electrons. The summed E-state index contributed by atoms with van der Waals surface area (Å²) in [6.07, 6.45) is -0.320. The van der Waals surface area contributed by atoms with Gasteiger partial charge in [0, 0.05) is 13.5 Å². The Morgan fingerprint density at radius 3 is 1.93 bits per heavy atom. The van der Waals surface area contributed by atoms with Crippen LogP contribution >= 0.6 is 0 Å². The second kappa shape index (κ2) is 8.25. The number of ether oxygens (including phenoxy) is 2. The van der Waals surface area contributed by atoms with Gasteiger partial charge in [-0.1, -0.05) is 81.4 Å². The van der Waals surface area contributed by atoms with Crippen LogP contribution in [0.1, 0.15) is 27.2 Å². The lowest BCUT2D eigenvalue weighted by Gasteiger charge is -2.45. The number of aliphatic hydroxyl groups excluding tert-OH is 1. The average molecular weight is 387 g/mol. The van der Waals surface area contributed by atoms with E-state index in [-0.39, 0.29) is 30.1 Å². The maximum atomic E-state index is 9.85. The molecule has 5 heteroatoms. The molecule has 2 aromatic rings. The first-order chi connectivity index (χ1) is 12.9. The van der Waals surface area contributed by atoms with Crippen LogP contribution in [0.5, 0.6) is 0 Å². The summed E-state index contributed by atoms with van der Waals surface area (Å²) in [5.74, 6) is 0. The van der Waals surface area contributed by atoms with E-state index < -0.39 is 8.32 Å². The Morgan fingerprint density at radius 2 is 1.52 bits per heavy atom. The maximum absolute atomic E-state index is 9.85. The number of methoxy groups -OCH3 is 1. The third kappa shape index (κ3) is 3.88. The summed E-state index contributed by atoms with van der Waals surface area (Å²) in [4.78, 5) is 0. The molecule has 1 N–H and O–H groups in total. The fourth-order valence-corrected chi connectivity index (χ4v) is 8.75. The number of hydrogen-bond donors (Lipinski definition) is 1.